The first-order valence-electron chi connectivity index (χ1n) is 6.32. The van der Waals surface area contributed by atoms with E-state index in [0.29, 0.717) is 24.2 Å². The molecule has 1 aromatic carbocycles. The Kier molecular flexibility index (Phi) is 6.84. The normalized spacial score (nSPS) is 10.3. The number of nitrogens with zero attached hydrogens (tertiary/aromatic N) is 1. The number of hydrogen-bond acceptors (Lipinski definition) is 2. The van der Waals surface area contributed by atoms with Crippen LogP contribution >= 0.6 is 15.9 Å². The number of benzene rings is 1. The lowest BCUT2D eigenvalue weighted by Crippen LogP contribution is -2.34. The number of amides is 1. The molecular formula is C14H19BrFNO2. The van der Waals surface area contributed by atoms with Crippen LogP contribution in [0.25, 0.3) is 0 Å². The van der Waals surface area contributed by atoms with Crippen LogP contribution < -0.4 is 4.74 Å². The van der Waals surface area contributed by atoms with Crippen molar-refractivity contribution in [2.24, 2.45) is 0 Å². The Balaban J connectivity index is 2.89. The maximum Gasteiger partial charge on any atom is 0.256 e. The fourth-order valence-corrected chi connectivity index (χ4v) is 2.16. The van der Waals surface area contributed by atoms with Crippen molar-refractivity contribution in [3.63, 3.8) is 0 Å². The molecule has 0 radical (unpaired) electrons. The molecule has 1 aromatic rings. The van der Waals surface area contributed by atoms with Crippen LogP contribution in [0.2, 0.25) is 0 Å². The summed E-state index contributed by atoms with van der Waals surface area (Å²) in [6, 6.07) is 4.31. The van der Waals surface area contributed by atoms with Crippen LogP contribution in [0, 0.1) is 5.82 Å². The van der Waals surface area contributed by atoms with Crippen LogP contribution in [0.4, 0.5) is 4.39 Å². The van der Waals surface area contributed by atoms with Crippen LogP contribution in [0.3, 0.4) is 0 Å². The van der Waals surface area contributed by atoms with Crippen molar-refractivity contribution < 1.29 is 13.9 Å². The lowest BCUT2D eigenvalue weighted by atomic mass is 10.1. The second kappa shape index (κ2) is 8.15. The van der Waals surface area contributed by atoms with E-state index in [1.54, 1.807) is 11.0 Å². The molecule has 0 heterocycles. The van der Waals surface area contributed by atoms with E-state index in [0.717, 1.165) is 12.8 Å². The van der Waals surface area contributed by atoms with Crippen LogP contribution in [0.1, 0.15) is 30.1 Å². The van der Waals surface area contributed by atoms with Crippen molar-refractivity contribution in [1.82, 2.24) is 4.90 Å². The molecule has 0 fully saturated rings. The Morgan fingerprint density at radius 1 is 1.42 bits per heavy atom. The third kappa shape index (κ3) is 4.49. The van der Waals surface area contributed by atoms with Gasteiger partial charge in [-0.15, -0.1) is 0 Å². The van der Waals surface area contributed by atoms with Gasteiger partial charge in [0.05, 0.1) is 12.7 Å². The molecule has 0 aliphatic heterocycles. The van der Waals surface area contributed by atoms with Crippen molar-refractivity contribution in [3.05, 3.63) is 29.6 Å². The van der Waals surface area contributed by atoms with E-state index in [1.807, 2.05) is 0 Å². The highest BCUT2D eigenvalue weighted by molar-refractivity contribution is 9.09. The molecule has 0 spiro atoms. The van der Waals surface area contributed by atoms with Gasteiger partial charge >= 0.3 is 0 Å². The average molecular weight is 332 g/mol. The predicted molar refractivity (Wildman–Crippen MR) is 77.6 cm³/mol. The molecule has 0 aliphatic carbocycles. The van der Waals surface area contributed by atoms with Gasteiger partial charge in [0, 0.05) is 24.5 Å². The fraction of sp³-hybridized carbons (Fsp3) is 0.500. The summed E-state index contributed by atoms with van der Waals surface area (Å²) >= 11 is 3.32. The summed E-state index contributed by atoms with van der Waals surface area (Å²) in [5.41, 5.74) is 0.0952. The zero-order chi connectivity index (χ0) is 14.3. The van der Waals surface area contributed by atoms with Gasteiger partial charge < -0.3 is 9.64 Å². The van der Waals surface area contributed by atoms with E-state index < -0.39 is 5.82 Å². The first-order chi connectivity index (χ1) is 9.13. The molecule has 0 bridgehead atoms. The van der Waals surface area contributed by atoms with Crippen molar-refractivity contribution in [2.45, 2.75) is 19.8 Å². The summed E-state index contributed by atoms with van der Waals surface area (Å²) < 4.78 is 18.8. The first kappa shape index (κ1) is 16.0. The van der Waals surface area contributed by atoms with E-state index in [9.17, 15) is 9.18 Å². The van der Waals surface area contributed by atoms with Crippen LogP contribution in [0.5, 0.6) is 5.75 Å². The summed E-state index contributed by atoms with van der Waals surface area (Å²) in [7, 11) is 1.47. The minimum Gasteiger partial charge on any atom is -0.497 e. The van der Waals surface area contributed by atoms with Gasteiger partial charge in [-0.2, -0.15) is 0 Å². The number of hydrogen-bond donors (Lipinski definition) is 0. The number of carbonyl (C=O) groups excluding carboxylic acids is 1. The average Bonchev–Trinajstić information content (AvgIpc) is 2.42. The molecule has 1 rings (SSSR count). The molecule has 0 aromatic heterocycles. The number of rotatable bonds is 7. The second-order valence-corrected chi connectivity index (χ2v) is 4.97. The molecule has 106 valence electrons. The third-order valence-corrected chi connectivity index (χ3v) is 3.18. The van der Waals surface area contributed by atoms with Gasteiger partial charge in [0.2, 0.25) is 0 Å². The number of ether oxygens (including phenoxy) is 1. The van der Waals surface area contributed by atoms with Crippen LogP contribution in [-0.2, 0) is 0 Å². The number of methoxy groups -OCH3 is 1. The minimum atomic E-state index is -0.541. The molecule has 5 heteroatoms. The van der Waals surface area contributed by atoms with Crippen molar-refractivity contribution in [1.29, 1.82) is 0 Å². The largest absolute Gasteiger partial charge is 0.497 e. The van der Waals surface area contributed by atoms with Gasteiger partial charge in [-0.1, -0.05) is 29.3 Å². The Labute approximate surface area is 121 Å². The standard InChI is InChI=1S/C14H19BrFNO2/c1-3-4-8-17(9-7-15)14(18)12-6-5-11(19-2)10-13(12)16/h5-6,10H,3-4,7-9H2,1-2H3. The molecule has 0 saturated heterocycles. The molecule has 0 N–H and O–H groups in total. The Hall–Kier alpha value is -1.10. The van der Waals surface area contributed by atoms with E-state index in [1.165, 1.54) is 19.2 Å². The molecule has 0 atom stereocenters. The molecule has 19 heavy (non-hydrogen) atoms. The second-order valence-electron chi connectivity index (χ2n) is 4.18. The molecular weight excluding hydrogens is 313 g/mol. The number of unbranched alkanes of at least 4 members (excludes halogenated alkanes) is 1. The van der Waals surface area contributed by atoms with E-state index >= 15 is 0 Å². The summed E-state index contributed by atoms with van der Waals surface area (Å²) in [5.74, 6) is -0.400. The van der Waals surface area contributed by atoms with Crippen molar-refractivity contribution >= 4 is 21.8 Å². The number of carbonyl (C=O) groups is 1. The Morgan fingerprint density at radius 2 is 2.16 bits per heavy atom. The monoisotopic (exact) mass is 331 g/mol. The highest BCUT2D eigenvalue weighted by Crippen LogP contribution is 2.18. The van der Waals surface area contributed by atoms with Crippen molar-refractivity contribution in [2.75, 3.05) is 25.5 Å². The van der Waals surface area contributed by atoms with E-state index in [4.69, 9.17) is 4.74 Å². The molecule has 0 aliphatic rings. The summed E-state index contributed by atoms with van der Waals surface area (Å²) in [5, 5.41) is 0.681. The molecule has 1 amide bonds. The Morgan fingerprint density at radius 3 is 2.68 bits per heavy atom. The lowest BCUT2D eigenvalue weighted by molar-refractivity contribution is 0.0759. The third-order valence-electron chi connectivity index (χ3n) is 2.83. The molecule has 0 unspecified atom stereocenters. The molecule has 0 saturated carbocycles. The smallest absolute Gasteiger partial charge is 0.256 e. The zero-order valence-corrected chi connectivity index (χ0v) is 12.9. The van der Waals surface area contributed by atoms with Crippen molar-refractivity contribution in [3.8, 4) is 5.75 Å². The van der Waals surface area contributed by atoms with E-state index in [-0.39, 0.29) is 11.5 Å². The lowest BCUT2D eigenvalue weighted by Gasteiger charge is -2.22. The summed E-state index contributed by atoms with van der Waals surface area (Å²) in [6.45, 7) is 3.28. The van der Waals surface area contributed by atoms with Gasteiger partial charge in [-0.05, 0) is 18.6 Å². The quantitative estimate of drug-likeness (QED) is 0.716. The van der Waals surface area contributed by atoms with Gasteiger partial charge in [-0.3, -0.25) is 4.79 Å². The minimum absolute atomic E-state index is 0.0952. The fourth-order valence-electron chi connectivity index (χ4n) is 1.73. The zero-order valence-electron chi connectivity index (χ0n) is 11.3. The summed E-state index contributed by atoms with van der Waals surface area (Å²) in [6.07, 6.45) is 1.91. The predicted octanol–water partition coefficient (Wildman–Crippen LogP) is 3.47. The topological polar surface area (TPSA) is 29.5 Å². The maximum absolute atomic E-state index is 13.9. The highest BCUT2D eigenvalue weighted by atomic mass is 79.9. The highest BCUT2D eigenvalue weighted by Gasteiger charge is 2.18. The number of alkyl halides is 1. The SMILES string of the molecule is CCCCN(CCBr)C(=O)c1ccc(OC)cc1F. The summed E-state index contributed by atoms with van der Waals surface area (Å²) in [4.78, 5) is 14.0. The van der Waals surface area contributed by atoms with Crippen LogP contribution in [0.15, 0.2) is 18.2 Å². The van der Waals surface area contributed by atoms with Gasteiger partial charge in [0.1, 0.15) is 11.6 Å². The van der Waals surface area contributed by atoms with Gasteiger partial charge in [0.15, 0.2) is 0 Å². The van der Waals surface area contributed by atoms with Gasteiger partial charge in [-0.25, -0.2) is 4.39 Å². The molecule has 3 nitrogen and oxygen atoms in total. The first-order valence-corrected chi connectivity index (χ1v) is 7.45. The van der Waals surface area contributed by atoms with E-state index in [2.05, 4.69) is 22.9 Å². The maximum atomic E-state index is 13.9. The van der Waals surface area contributed by atoms with Gasteiger partial charge in [0.25, 0.3) is 5.91 Å². The number of halogens is 2. The Bertz CT molecular complexity index is 426. The van der Waals surface area contributed by atoms with Crippen LogP contribution in [-0.4, -0.2) is 36.3 Å².